The molecule has 31 heteroatoms. The van der Waals surface area contributed by atoms with Gasteiger partial charge in [-0.2, -0.15) is 0 Å². The molecule has 0 bridgehead atoms. The summed E-state index contributed by atoms with van der Waals surface area (Å²) >= 11 is 0. The summed E-state index contributed by atoms with van der Waals surface area (Å²) in [6, 6.07) is 10.9. The topological polar surface area (TPSA) is 464 Å². The molecule has 474 valence electrons. The maximum Gasteiger partial charge on any atom is 0.331 e. The van der Waals surface area contributed by atoms with Gasteiger partial charge in [-0.15, -0.1) is 0 Å². The van der Waals surface area contributed by atoms with Crippen molar-refractivity contribution in [1.29, 1.82) is 0 Å². The zero-order valence-electron chi connectivity index (χ0n) is 46.2. The van der Waals surface area contributed by atoms with Crippen molar-refractivity contribution in [2.24, 2.45) is 0 Å². The third-order valence-corrected chi connectivity index (χ3v) is 14.1. The number of ether oxygens (including phenoxy) is 14. The van der Waals surface area contributed by atoms with Gasteiger partial charge in [0.2, 0.25) is 17.3 Å². The number of rotatable bonds is 24. The number of esters is 3. The molecule has 7 rings (SSSR count). The first-order chi connectivity index (χ1) is 41.1. The van der Waals surface area contributed by atoms with E-state index in [0.29, 0.717) is 5.56 Å². The van der Waals surface area contributed by atoms with Crippen LogP contribution in [-0.2, 0) is 61.8 Å². The summed E-state index contributed by atoms with van der Waals surface area (Å²) < 4.78 is 78.9. The molecule has 0 saturated carbocycles. The lowest BCUT2D eigenvalue weighted by Crippen LogP contribution is -2.67. The largest absolute Gasteiger partial charge is 0.508 e. The highest BCUT2D eigenvalue weighted by Crippen LogP contribution is 2.43. The standard InChI is InChI=1S/C55H68O31/c1-73-28-15-25(16-29(74-2)39(28)64)8-12-36(61)77-22-35-42(67)44(69)50(84-53-47(72)45(70)48(33(20-57)79-53)83-52-46(71)43(68)41(66)32(19-56)78-52)54(80-35)86-55(23-59)51(82-38(63)14-9-26-17-30(75-3)40(65)31(18-26)76-4)49(34(21-58)85-55)81-37(62)13-7-24-5-10-27(60)11-6-24/h5-18,32-35,41-54,56-60,64-72H,19-23H2,1-4H3/b12-8+,13-7+,14-9+/t32-,33-,34-,35-,41-,42-,43+,44+,45-,46-,47-,48-,49-,50-,51+,52+,53+,54-,55+/m1/s1. The van der Waals surface area contributed by atoms with Gasteiger partial charge in [-0.25, -0.2) is 14.4 Å². The van der Waals surface area contributed by atoms with Gasteiger partial charge >= 0.3 is 17.9 Å². The van der Waals surface area contributed by atoms with Gasteiger partial charge in [0.15, 0.2) is 54.1 Å². The van der Waals surface area contributed by atoms with Gasteiger partial charge in [0.1, 0.15) is 98.3 Å². The van der Waals surface area contributed by atoms with Gasteiger partial charge in [-0.3, -0.25) is 0 Å². The number of phenols is 3. The maximum absolute atomic E-state index is 14.0. The van der Waals surface area contributed by atoms with Crippen LogP contribution in [0.4, 0.5) is 0 Å². The molecule has 0 aromatic heterocycles. The van der Waals surface area contributed by atoms with E-state index in [0.717, 1.165) is 18.2 Å². The second-order valence-electron chi connectivity index (χ2n) is 19.6. The SMILES string of the molecule is COc1cc(/C=C/C(=O)OC[C@H]2O[C@H](O[C@]3(CO)O[C@H](CO)[C@@H](OC(=O)/C=C/c4ccc(O)cc4)[C@@H]3OC(=O)/C=C/c3cc(OC)c(O)c(OC)c3)[C@H](O[C@@H]3O[C@H](CO)[C@@H](O[C@@H]4O[C@H](CO)[C@@H](O)[C@H](O)[C@H]4O)[C@H](O)[C@H]3O)[C@@H](O)[C@@H]2O)cc(OC)c1O. The molecule has 3 aromatic rings. The first-order valence-electron chi connectivity index (χ1n) is 26.2. The Hall–Kier alpha value is -6.83. The van der Waals surface area contributed by atoms with Crippen molar-refractivity contribution < 1.29 is 152 Å². The Kier molecular flexibility index (Phi) is 23.0. The van der Waals surface area contributed by atoms with Crippen molar-refractivity contribution in [2.45, 2.75) is 116 Å². The Morgan fingerprint density at radius 1 is 0.488 bits per heavy atom. The molecular formula is C55H68O31. The van der Waals surface area contributed by atoms with E-state index < -0.39 is 167 Å². The van der Waals surface area contributed by atoms with Gasteiger partial charge in [0, 0.05) is 18.2 Å². The van der Waals surface area contributed by atoms with E-state index in [1.54, 1.807) is 0 Å². The Morgan fingerprint density at radius 2 is 0.930 bits per heavy atom. The van der Waals surface area contributed by atoms with Crippen molar-refractivity contribution in [1.82, 2.24) is 0 Å². The maximum atomic E-state index is 14.0. The van der Waals surface area contributed by atoms with Crippen LogP contribution in [0.3, 0.4) is 0 Å². The lowest BCUT2D eigenvalue weighted by molar-refractivity contribution is -0.412. The minimum Gasteiger partial charge on any atom is -0.508 e. The van der Waals surface area contributed by atoms with Crippen molar-refractivity contribution >= 4 is 36.1 Å². The molecule has 0 radical (unpaired) electrons. The molecule has 0 unspecified atom stereocenters. The Morgan fingerprint density at radius 3 is 1.44 bits per heavy atom. The number of hydrogen-bond acceptors (Lipinski definition) is 31. The van der Waals surface area contributed by atoms with E-state index in [4.69, 9.17) is 66.3 Å². The zero-order valence-corrected chi connectivity index (χ0v) is 46.2. The van der Waals surface area contributed by atoms with Crippen LogP contribution in [0.1, 0.15) is 16.7 Å². The second-order valence-corrected chi connectivity index (χ2v) is 19.6. The van der Waals surface area contributed by atoms with E-state index in [9.17, 15) is 85.9 Å². The van der Waals surface area contributed by atoms with Crippen LogP contribution >= 0.6 is 0 Å². The molecule has 0 amide bonds. The van der Waals surface area contributed by atoms with E-state index in [1.165, 1.54) is 95.2 Å². The molecule has 4 aliphatic heterocycles. The predicted molar refractivity (Wildman–Crippen MR) is 283 cm³/mol. The van der Waals surface area contributed by atoms with Crippen molar-refractivity contribution in [2.75, 3.05) is 61.5 Å². The zero-order chi connectivity index (χ0) is 62.7. The second kappa shape index (κ2) is 29.7. The normalized spacial score (nSPS) is 33.0. The molecule has 19 atom stereocenters. The number of carbonyl (C=O) groups excluding carboxylic acids is 3. The molecule has 4 heterocycles. The molecule has 3 aromatic carbocycles. The van der Waals surface area contributed by atoms with E-state index in [2.05, 4.69) is 0 Å². The van der Waals surface area contributed by atoms with Crippen molar-refractivity contribution in [3.05, 3.63) is 83.4 Å². The quantitative estimate of drug-likeness (QED) is 0.0232. The fourth-order valence-electron chi connectivity index (χ4n) is 9.48. The predicted octanol–water partition coefficient (Wildman–Crippen LogP) is -3.80. The van der Waals surface area contributed by atoms with E-state index in [1.807, 2.05) is 0 Å². The molecule has 31 nitrogen and oxygen atoms in total. The van der Waals surface area contributed by atoms with Crippen LogP contribution in [0.5, 0.6) is 40.2 Å². The number of benzene rings is 3. The molecule has 4 aliphatic rings. The Balaban J connectivity index is 1.23. The lowest BCUT2D eigenvalue weighted by Gasteiger charge is -2.49. The molecule has 86 heavy (non-hydrogen) atoms. The van der Waals surface area contributed by atoms with Crippen LogP contribution < -0.4 is 18.9 Å². The van der Waals surface area contributed by atoms with Gasteiger partial charge in [-0.1, -0.05) is 12.1 Å². The van der Waals surface area contributed by atoms with Gasteiger partial charge in [-0.05, 0) is 71.3 Å². The lowest BCUT2D eigenvalue weighted by atomic mass is 9.96. The fraction of sp³-hybridized carbons (Fsp3) is 0.509. The highest BCUT2D eigenvalue weighted by atomic mass is 16.8. The summed E-state index contributed by atoms with van der Waals surface area (Å²) in [6.07, 6.45) is -30.2. The monoisotopic (exact) mass is 1220 g/mol. The molecule has 4 saturated heterocycles. The molecular weight excluding hydrogens is 1160 g/mol. The third-order valence-electron chi connectivity index (χ3n) is 14.1. The summed E-state index contributed by atoms with van der Waals surface area (Å²) in [5.74, 6) is -7.44. The van der Waals surface area contributed by atoms with Gasteiger partial charge < -0.3 is 138 Å². The van der Waals surface area contributed by atoms with Gasteiger partial charge in [0.05, 0.1) is 48.3 Å². The summed E-state index contributed by atoms with van der Waals surface area (Å²) in [5, 5.41) is 151. The number of aliphatic hydroxyl groups excluding tert-OH is 11. The minimum atomic E-state index is -2.92. The van der Waals surface area contributed by atoms with E-state index >= 15 is 0 Å². The summed E-state index contributed by atoms with van der Waals surface area (Å²) in [7, 11) is 5.04. The Bertz CT molecular complexity index is 2790. The van der Waals surface area contributed by atoms with Crippen LogP contribution in [-0.4, -0.2) is 267 Å². The number of phenolic OH excluding ortho intramolecular Hbond substituents is 3. The highest BCUT2D eigenvalue weighted by molar-refractivity contribution is 5.89. The molecule has 4 fully saturated rings. The average Bonchev–Trinajstić information content (AvgIpc) is 1.77. The average molecular weight is 1230 g/mol. The van der Waals surface area contributed by atoms with E-state index in [-0.39, 0.29) is 51.4 Å². The van der Waals surface area contributed by atoms with Gasteiger partial charge in [0.25, 0.3) is 0 Å². The van der Waals surface area contributed by atoms with Crippen molar-refractivity contribution in [3.8, 4) is 40.2 Å². The number of aliphatic hydroxyl groups is 11. The smallest absolute Gasteiger partial charge is 0.331 e. The number of hydrogen-bond donors (Lipinski definition) is 14. The van der Waals surface area contributed by atoms with Crippen molar-refractivity contribution in [3.63, 3.8) is 0 Å². The highest BCUT2D eigenvalue weighted by Gasteiger charge is 2.63. The third kappa shape index (κ3) is 15.1. The Labute approximate surface area is 488 Å². The minimum absolute atomic E-state index is 0.0181. The first kappa shape index (κ1) is 66.7. The van der Waals surface area contributed by atoms with Crippen LogP contribution in [0.15, 0.2) is 66.8 Å². The van der Waals surface area contributed by atoms with Crippen LogP contribution in [0.25, 0.3) is 18.2 Å². The number of aromatic hydroxyl groups is 3. The first-order valence-corrected chi connectivity index (χ1v) is 26.2. The van der Waals surface area contributed by atoms with Crippen LogP contribution in [0, 0.1) is 0 Å². The number of methoxy groups -OCH3 is 4. The summed E-state index contributed by atoms with van der Waals surface area (Å²) in [4.78, 5) is 40.8. The summed E-state index contributed by atoms with van der Waals surface area (Å²) in [5.41, 5.74) is 0.854. The number of carbonyl (C=O) groups is 3. The molecule has 0 spiro atoms. The molecule has 0 aliphatic carbocycles. The summed E-state index contributed by atoms with van der Waals surface area (Å²) in [6.45, 7) is -5.39. The fourth-order valence-corrected chi connectivity index (χ4v) is 9.48. The van der Waals surface area contributed by atoms with Crippen LogP contribution in [0.2, 0.25) is 0 Å². The molecule has 14 N–H and O–H groups in total.